The Morgan fingerprint density at radius 3 is 2.65 bits per heavy atom. The Balaban J connectivity index is 2.27. The Labute approximate surface area is 96.8 Å². The standard InChI is InChI=1S/C10H10N4O3/c1-6-9(17)13-8(16)4-14(6)10-11-2-7(5-15)3-12-10/h2-3,5-6H,4H2,1H3,(H,13,16,17). The quantitative estimate of drug-likeness (QED) is 0.528. The molecule has 7 heteroatoms. The number of carbonyl (C=O) groups excluding carboxylic acids is 3. The number of hydrogen-bond acceptors (Lipinski definition) is 6. The normalized spacial score (nSPS) is 20.1. The Bertz CT molecular complexity index is 471. The first-order valence-corrected chi connectivity index (χ1v) is 4.99. The van der Waals surface area contributed by atoms with E-state index in [2.05, 4.69) is 15.3 Å². The van der Waals surface area contributed by atoms with Crippen LogP contribution in [0.2, 0.25) is 0 Å². The van der Waals surface area contributed by atoms with Gasteiger partial charge in [-0.3, -0.25) is 19.7 Å². The summed E-state index contributed by atoms with van der Waals surface area (Å²) < 4.78 is 0. The van der Waals surface area contributed by atoms with Gasteiger partial charge in [-0.15, -0.1) is 0 Å². The zero-order chi connectivity index (χ0) is 12.4. The molecular weight excluding hydrogens is 224 g/mol. The fourth-order valence-electron chi connectivity index (χ4n) is 1.50. The van der Waals surface area contributed by atoms with Crippen molar-refractivity contribution >= 4 is 24.0 Å². The Morgan fingerprint density at radius 2 is 2.06 bits per heavy atom. The van der Waals surface area contributed by atoms with E-state index in [9.17, 15) is 14.4 Å². The summed E-state index contributed by atoms with van der Waals surface area (Å²) in [6.45, 7) is 1.67. The summed E-state index contributed by atoms with van der Waals surface area (Å²) >= 11 is 0. The first-order valence-electron chi connectivity index (χ1n) is 4.99. The summed E-state index contributed by atoms with van der Waals surface area (Å²) in [7, 11) is 0. The minimum absolute atomic E-state index is 0.0212. The molecule has 17 heavy (non-hydrogen) atoms. The van der Waals surface area contributed by atoms with Crippen LogP contribution in [-0.2, 0) is 9.59 Å². The zero-order valence-electron chi connectivity index (χ0n) is 9.08. The number of carbonyl (C=O) groups is 3. The third kappa shape index (κ3) is 2.12. The second-order valence-electron chi connectivity index (χ2n) is 3.65. The van der Waals surface area contributed by atoms with Crippen LogP contribution in [0.5, 0.6) is 0 Å². The molecule has 1 N–H and O–H groups in total. The van der Waals surface area contributed by atoms with Crippen molar-refractivity contribution in [2.45, 2.75) is 13.0 Å². The van der Waals surface area contributed by atoms with E-state index in [1.807, 2.05) is 0 Å². The molecule has 0 bridgehead atoms. The topological polar surface area (TPSA) is 92.3 Å². The molecule has 1 aromatic heterocycles. The predicted molar refractivity (Wildman–Crippen MR) is 57.4 cm³/mol. The lowest BCUT2D eigenvalue weighted by atomic mass is 10.2. The first kappa shape index (κ1) is 11.2. The molecule has 1 saturated heterocycles. The molecule has 2 rings (SSSR count). The van der Waals surface area contributed by atoms with Gasteiger partial charge < -0.3 is 4.90 Å². The number of imide groups is 1. The highest BCUT2D eigenvalue weighted by molar-refractivity contribution is 6.04. The predicted octanol–water partition coefficient (Wildman–Crippen LogP) is -0.860. The van der Waals surface area contributed by atoms with Crippen LogP contribution in [0.4, 0.5) is 5.95 Å². The van der Waals surface area contributed by atoms with Crippen LogP contribution in [0.1, 0.15) is 17.3 Å². The summed E-state index contributed by atoms with van der Waals surface area (Å²) in [6.07, 6.45) is 3.32. The number of amides is 2. The summed E-state index contributed by atoms with van der Waals surface area (Å²) in [6, 6.07) is -0.519. The average Bonchev–Trinajstić information content (AvgIpc) is 2.34. The number of nitrogens with one attached hydrogen (secondary N) is 1. The molecule has 2 amide bonds. The molecule has 0 aliphatic carbocycles. The highest BCUT2D eigenvalue weighted by Gasteiger charge is 2.31. The van der Waals surface area contributed by atoms with Crippen molar-refractivity contribution in [2.75, 3.05) is 11.4 Å². The van der Waals surface area contributed by atoms with Crippen molar-refractivity contribution in [1.29, 1.82) is 0 Å². The Hall–Kier alpha value is -2.31. The van der Waals surface area contributed by atoms with Gasteiger partial charge in [0.1, 0.15) is 12.6 Å². The van der Waals surface area contributed by atoms with Crippen LogP contribution in [0.25, 0.3) is 0 Å². The molecule has 7 nitrogen and oxygen atoms in total. The van der Waals surface area contributed by atoms with Crippen LogP contribution >= 0.6 is 0 Å². The third-order valence-corrected chi connectivity index (χ3v) is 2.47. The van der Waals surface area contributed by atoms with E-state index in [-0.39, 0.29) is 18.4 Å². The van der Waals surface area contributed by atoms with Gasteiger partial charge in [0, 0.05) is 12.4 Å². The van der Waals surface area contributed by atoms with Crippen LogP contribution < -0.4 is 10.2 Å². The molecular formula is C10H10N4O3. The third-order valence-electron chi connectivity index (χ3n) is 2.47. The Morgan fingerprint density at radius 1 is 1.41 bits per heavy atom. The highest BCUT2D eigenvalue weighted by atomic mass is 16.2. The van der Waals surface area contributed by atoms with E-state index < -0.39 is 11.9 Å². The maximum atomic E-state index is 11.4. The van der Waals surface area contributed by atoms with Crippen LogP contribution in [0, 0.1) is 0 Å². The van der Waals surface area contributed by atoms with Gasteiger partial charge in [-0.1, -0.05) is 0 Å². The Kier molecular flexibility index (Phi) is 2.82. The molecule has 0 radical (unpaired) electrons. The molecule has 1 aliphatic heterocycles. The van der Waals surface area contributed by atoms with Crippen molar-refractivity contribution in [3.8, 4) is 0 Å². The lowest BCUT2D eigenvalue weighted by Gasteiger charge is -2.31. The number of aldehydes is 1. The molecule has 1 aromatic rings. The van der Waals surface area contributed by atoms with Gasteiger partial charge in [0.05, 0.1) is 5.56 Å². The van der Waals surface area contributed by atoms with Gasteiger partial charge in [-0.05, 0) is 6.92 Å². The van der Waals surface area contributed by atoms with Crippen molar-refractivity contribution in [3.05, 3.63) is 18.0 Å². The van der Waals surface area contributed by atoms with Crippen LogP contribution in [0.3, 0.4) is 0 Å². The molecule has 1 atom stereocenters. The monoisotopic (exact) mass is 234 g/mol. The largest absolute Gasteiger partial charge is 0.320 e. The molecule has 0 spiro atoms. The number of aromatic nitrogens is 2. The fourth-order valence-corrected chi connectivity index (χ4v) is 1.50. The molecule has 1 unspecified atom stereocenters. The number of nitrogens with zero attached hydrogens (tertiary/aromatic N) is 3. The summed E-state index contributed by atoms with van der Waals surface area (Å²) in [5.41, 5.74) is 0.342. The fraction of sp³-hybridized carbons (Fsp3) is 0.300. The van der Waals surface area contributed by atoms with E-state index in [1.54, 1.807) is 6.92 Å². The van der Waals surface area contributed by atoms with E-state index >= 15 is 0 Å². The minimum atomic E-state index is -0.519. The van der Waals surface area contributed by atoms with Gasteiger partial charge in [0.15, 0.2) is 6.29 Å². The molecule has 0 aromatic carbocycles. The summed E-state index contributed by atoms with van der Waals surface area (Å²) in [5.74, 6) is -0.522. The summed E-state index contributed by atoms with van der Waals surface area (Å²) in [5, 5.41) is 2.22. The SMILES string of the molecule is CC1C(=O)NC(=O)CN1c1ncc(C=O)cn1. The average molecular weight is 234 g/mol. The van der Waals surface area contributed by atoms with Gasteiger partial charge >= 0.3 is 0 Å². The van der Waals surface area contributed by atoms with E-state index in [1.165, 1.54) is 17.3 Å². The number of hydrogen-bond donors (Lipinski definition) is 1. The lowest BCUT2D eigenvalue weighted by molar-refractivity contribution is -0.132. The molecule has 1 aliphatic rings. The van der Waals surface area contributed by atoms with Gasteiger partial charge in [-0.2, -0.15) is 0 Å². The van der Waals surface area contributed by atoms with Gasteiger partial charge in [0.25, 0.3) is 0 Å². The van der Waals surface area contributed by atoms with E-state index in [4.69, 9.17) is 0 Å². The maximum Gasteiger partial charge on any atom is 0.249 e. The van der Waals surface area contributed by atoms with E-state index in [0.29, 0.717) is 11.8 Å². The molecule has 0 saturated carbocycles. The number of piperazine rings is 1. The highest BCUT2D eigenvalue weighted by Crippen LogP contribution is 2.13. The molecule has 88 valence electrons. The zero-order valence-corrected chi connectivity index (χ0v) is 9.08. The molecule has 1 fully saturated rings. The number of anilines is 1. The van der Waals surface area contributed by atoms with Gasteiger partial charge in [-0.25, -0.2) is 9.97 Å². The smallest absolute Gasteiger partial charge is 0.249 e. The van der Waals surface area contributed by atoms with Gasteiger partial charge in [0.2, 0.25) is 17.8 Å². The van der Waals surface area contributed by atoms with Crippen molar-refractivity contribution in [1.82, 2.24) is 15.3 Å². The van der Waals surface area contributed by atoms with Crippen LogP contribution in [0.15, 0.2) is 12.4 Å². The van der Waals surface area contributed by atoms with Crippen molar-refractivity contribution in [2.24, 2.45) is 0 Å². The second kappa shape index (κ2) is 4.28. The molecule has 2 heterocycles. The van der Waals surface area contributed by atoms with E-state index in [0.717, 1.165) is 0 Å². The van der Waals surface area contributed by atoms with Crippen LogP contribution in [-0.4, -0.2) is 40.7 Å². The second-order valence-corrected chi connectivity index (χ2v) is 3.65. The van der Waals surface area contributed by atoms with Crippen molar-refractivity contribution in [3.63, 3.8) is 0 Å². The maximum absolute atomic E-state index is 11.4. The van der Waals surface area contributed by atoms with Crippen molar-refractivity contribution < 1.29 is 14.4 Å². The summed E-state index contributed by atoms with van der Waals surface area (Å²) in [4.78, 5) is 42.5. The first-order chi connectivity index (χ1) is 8.11. The lowest BCUT2D eigenvalue weighted by Crippen LogP contribution is -2.57. The minimum Gasteiger partial charge on any atom is -0.320 e. The number of rotatable bonds is 2.